The Bertz CT molecular complexity index is 1430. The fourth-order valence-corrected chi connectivity index (χ4v) is 6.92. The Balaban J connectivity index is 1.66. The summed E-state index contributed by atoms with van der Waals surface area (Å²) in [5, 5.41) is 0.534. The molecule has 0 radical (unpaired) electrons. The topological polar surface area (TPSA) is 90.5 Å². The van der Waals surface area contributed by atoms with Gasteiger partial charge in [-0.25, -0.2) is 17.1 Å². The molecule has 2 saturated heterocycles. The van der Waals surface area contributed by atoms with Crippen molar-refractivity contribution in [2.24, 2.45) is 0 Å². The van der Waals surface area contributed by atoms with Gasteiger partial charge in [-0.15, -0.1) is 0 Å². The van der Waals surface area contributed by atoms with Crippen LogP contribution in [0.4, 0.5) is 4.39 Å². The van der Waals surface area contributed by atoms with Crippen LogP contribution in [0.5, 0.6) is 5.75 Å². The molecule has 0 aromatic heterocycles. The molecule has 2 atom stereocenters. The molecule has 3 aliphatic heterocycles. The maximum Gasteiger partial charge on any atom is 0.269 e. The smallest absolute Gasteiger partial charge is 0.269 e. The van der Waals surface area contributed by atoms with E-state index in [0.29, 0.717) is 18.1 Å². The van der Waals surface area contributed by atoms with E-state index in [1.165, 1.54) is 29.2 Å². The van der Waals surface area contributed by atoms with E-state index in [1.54, 1.807) is 24.3 Å². The monoisotopic (exact) mass is 576 g/mol. The summed E-state index contributed by atoms with van der Waals surface area (Å²) in [6, 6.07) is 8.16. The number of amides is 2. The van der Waals surface area contributed by atoms with Crippen molar-refractivity contribution in [2.45, 2.75) is 49.7 Å². The van der Waals surface area contributed by atoms with Gasteiger partial charge in [-0.2, -0.15) is 0 Å². The quantitative estimate of drug-likeness (QED) is 0.503. The van der Waals surface area contributed by atoms with Crippen molar-refractivity contribution in [1.29, 1.82) is 0 Å². The lowest BCUT2D eigenvalue weighted by molar-refractivity contribution is -0.154. The molecule has 0 N–H and O–H groups in total. The molecule has 5 rings (SSSR count). The number of ether oxygens (including phenoxy) is 1. The maximum atomic E-state index is 14.3. The molecular formula is C27H30ClFN4O5S. The van der Waals surface area contributed by atoms with Crippen LogP contribution in [-0.4, -0.2) is 84.1 Å². The average Bonchev–Trinajstić information content (AvgIpc) is 2.86. The second-order valence-corrected chi connectivity index (χ2v) is 12.4. The molecule has 0 saturated carbocycles. The minimum Gasteiger partial charge on any atom is -0.495 e. The predicted octanol–water partition coefficient (Wildman–Crippen LogP) is 3.06. The van der Waals surface area contributed by atoms with Crippen LogP contribution in [-0.2, 0) is 26.0 Å². The number of carbonyl (C=O) groups excluding carboxylic acids is 2. The lowest BCUT2D eigenvalue weighted by Crippen LogP contribution is -2.69. The Morgan fingerprint density at radius 2 is 1.77 bits per heavy atom. The number of rotatable bonds is 7. The molecule has 9 nitrogen and oxygen atoms in total. The van der Waals surface area contributed by atoms with E-state index in [2.05, 4.69) is 0 Å². The lowest BCUT2D eigenvalue weighted by atomic mass is 9.97. The van der Waals surface area contributed by atoms with Gasteiger partial charge in [0.05, 0.1) is 13.7 Å². The number of benzene rings is 2. The van der Waals surface area contributed by atoms with Gasteiger partial charge in [0.1, 0.15) is 34.4 Å². The highest BCUT2D eigenvalue weighted by molar-refractivity contribution is 7.89. The average molecular weight is 577 g/mol. The van der Waals surface area contributed by atoms with Gasteiger partial charge in [0.15, 0.2) is 0 Å². The summed E-state index contributed by atoms with van der Waals surface area (Å²) in [5.41, 5.74) is 0.766. The van der Waals surface area contributed by atoms with Gasteiger partial charge >= 0.3 is 0 Å². The van der Waals surface area contributed by atoms with E-state index < -0.39 is 27.9 Å². The van der Waals surface area contributed by atoms with Crippen LogP contribution < -0.4 is 4.74 Å². The van der Waals surface area contributed by atoms with Crippen LogP contribution >= 0.6 is 11.6 Å². The van der Waals surface area contributed by atoms with Crippen LogP contribution in [0.3, 0.4) is 0 Å². The maximum absolute atomic E-state index is 14.3. The highest BCUT2D eigenvalue weighted by Gasteiger charge is 2.52. The number of fused-ring (bicyclic) bond motifs is 1. The summed E-state index contributed by atoms with van der Waals surface area (Å²) < 4.78 is 49.1. The molecule has 39 heavy (non-hydrogen) atoms. The summed E-state index contributed by atoms with van der Waals surface area (Å²) in [6.45, 7) is 4.72. The Morgan fingerprint density at radius 1 is 1.08 bits per heavy atom. The van der Waals surface area contributed by atoms with E-state index >= 15 is 0 Å². The first-order valence-corrected chi connectivity index (χ1v) is 14.6. The molecule has 3 heterocycles. The fraction of sp³-hybridized carbons (Fsp3) is 0.407. The first-order valence-electron chi connectivity index (χ1n) is 12.7. The molecule has 3 aliphatic rings. The molecule has 2 aromatic rings. The zero-order chi connectivity index (χ0) is 28.1. The number of hydrogen-bond donors (Lipinski definition) is 0. The van der Waals surface area contributed by atoms with Gasteiger partial charge in [-0.1, -0.05) is 23.7 Å². The van der Waals surface area contributed by atoms with Crippen molar-refractivity contribution < 1.29 is 27.1 Å². The normalized spacial score (nSPS) is 22.1. The number of likely N-dealkylation sites (tertiary alicyclic amines) is 1. The zero-order valence-electron chi connectivity index (χ0n) is 21.9. The van der Waals surface area contributed by atoms with E-state index in [-0.39, 0.29) is 47.3 Å². The zero-order valence-corrected chi connectivity index (χ0v) is 23.5. The number of carbonyl (C=O) groups is 2. The van der Waals surface area contributed by atoms with E-state index in [4.69, 9.17) is 16.3 Å². The highest BCUT2D eigenvalue weighted by atomic mass is 35.5. The van der Waals surface area contributed by atoms with Crippen molar-refractivity contribution in [3.05, 3.63) is 70.9 Å². The van der Waals surface area contributed by atoms with Crippen LogP contribution in [0.15, 0.2) is 59.4 Å². The van der Waals surface area contributed by atoms with Gasteiger partial charge in [0.25, 0.3) is 10.0 Å². The SMILES string of the molecule is COc1ccc(F)cc1S(=O)(=O)N1CC(N2CCC2)C(=O)N2C1=CN(C(C)C)C(=O)C2Cc1ccc(Cl)cc1. The molecule has 208 valence electrons. The predicted molar refractivity (Wildman–Crippen MR) is 143 cm³/mol. The third-order valence-corrected chi connectivity index (χ3v) is 9.44. The minimum atomic E-state index is -4.42. The molecule has 2 aromatic carbocycles. The number of hydrogen-bond acceptors (Lipinski definition) is 6. The highest BCUT2D eigenvalue weighted by Crippen LogP contribution is 2.38. The number of methoxy groups -OCH3 is 1. The van der Waals surface area contributed by atoms with Gasteiger partial charge < -0.3 is 9.64 Å². The van der Waals surface area contributed by atoms with Crippen LogP contribution in [0, 0.1) is 5.82 Å². The summed E-state index contributed by atoms with van der Waals surface area (Å²) in [5.74, 6) is -1.37. The van der Waals surface area contributed by atoms with Gasteiger partial charge in [-0.05, 0) is 56.2 Å². The van der Waals surface area contributed by atoms with Gasteiger partial charge in [0.2, 0.25) is 11.8 Å². The second kappa shape index (κ2) is 10.4. The molecule has 2 amide bonds. The summed E-state index contributed by atoms with van der Waals surface area (Å²) in [6.07, 6.45) is 2.45. The molecule has 2 fully saturated rings. The van der Waals surface area contributed by atoms with Crippen molar-refractivity contribution in [3.63, 3.8) is 0 Å². The molecule has 12 heteroatoms. The molecule has 0 aliphatic carbocycles. The van der Waals surface area contributed by atoms with E-state index in [0.717, 1.165) is 28.4 Å². The summed E-state index contributed by atoms with van der Waals surface area (Å²) >= 11 is 6.06. The van der Waals surface area contributed by atoms with Gasteiger partial charge in [-0.3, -0.25) is 19.4 Å². The minimum absolute atomic E-state index is 0.0220. The lowest BCUT2D eigenvalue weighted by Gasteiger charge is -2.51. The van der Waals surface area contributed by atoms with Crippen molar-refractivity contribution in [2.75, 3.05) is 26.7 Å². The first kappa shape index (κ1) is 27.4. The van der Waals surface area contributed by atoms with Crippen LogP contribution in [0.1, 0.15) is 25.8 Å². The molecule has 0 bridgehead atoms. The number of sulfonamides is 1. The van der Waals surface area contributed by atoms with Crippen molar-refractivity contribution in [3.8, 4) is 5.75 Å². The Morgan fingerprint density at radius 3 is 2.36 bits per heavy atom. The van der Waals surface area contributed by atoms with Crippen LogP contribution in [0.25, 0.3) is 0 Å². The molecule has 0 spiro atoms. The van der Waals surface area contributed by atoms with E-state index in [1.807, 2.05) is 18.7 Å². The van der Waals surface area contributed by atoms with Crippen LogP contribution in [0.2, 0.25) is 5.02 Å². The van der Waals surface area contributed by atoms with E-state index in [9.17, 15) is 22.4 Å². The van der Waals surface area contributed by atoms with Crippen molar-refractivity contribution in [1.82, 2.24) is 19.0 Å². The second-order valence-electron chi connectivity index (χ2n) is 10.1. The standard InChI is InChI=1S/C27H30ClFN4O5S/c1-17(2)31-16-25-32(39(36,37)24-14-20(29)9-10-23(24)38-3)15-22(30-11-4-12-30)27(35)33(25)21(26(31)34)13-18-5-7-19(28)8-6-18/h5-10,14,16-17,21-22H,4,11-13,15H2,1-3H3. The molecular weight excluding hydrogens is 547 g/mol. The Kier molecular flexibility index (Phi) is 7.34. The Hall–Kier alpha value is -3.15. The number of halogens is 2. The van der Waals surface area contributed by atoms with Crippen molar-refractivity contribution >= 4 is 33.4 Å². The summed E-state index contributed by atoms with van der Waals surface area (Å²) in [7, 11) is -3.11. The third-order valence-electron chi connectivity index (χ3n) is 7.39. The largest absolute Gasteiger partial charge is 0.495 e. The summed E-state index contributed by atoms with van der Waals surface area (Å²) in [4.78, 5) is 32.1. The number of nitrogens with zero attached hydrogens (tertiary/aromatic N) is 4. The Labute approximate surface area is 232 Å². The third kappa shape index (κ3) is 4.87. The molecule has 2 unspecified atom stereocenters. The van der Waals surface area contributed by atoms with Gasteiger partial charge in [0, 0.05) is 36.8 Å². The fourth-order valence-electron chi connectivity index (χ4n) is 5.17. The first-order chi connectivity index (χ1) is 18.5.